The number of hydrogen-bond donors (Lipinski definition) is 0. The summed E-state index contributed by atoms with van der Waals surface area (Å²) in [6.07, 6.45) is 0. The topological polar surface area (TPSA) is 51.2 Å². The van der Waals surface area contributed by atoms with Crippen LogP contribution in [0.3, 0.4) is 0 Å². The van der Waals surface area contributed by atoms with Crippen LogP contribution in [-0.2, 0) is 6.54 Å². The van der Waals surface area contributed by atoms with E-state index in [2.05, 4.69) is 24.8 Å². The molecule has 1 fully saturated rings. The molecular weight excluding hydrogens is 380 g/mol. The Bertz CT molecular complexity index is 933. The Morgan fingerprint density at radius 3 is 2.50 bits per heavy atom. The normalized spacial score (nSPS) is 16.2. The van der Waals surface area contributed by atoms with Crippen molar-refractivity contribution >= 4 is 5.91 Å². The maximum Gasteiger partial charge on any atom is 0.254 e. The summed E-state index contributed by atoms with van der Waals surface area (Å²) in [5.74, 6) is 2.89. The van der Waals surface area contributed by atoms with Crippen molar-refractivity contribution in [1.82, 2.24) is 9.80 Å². The largest absolute Gasteiger partial charge is 0.496 e. The van der Waals surface area contributed by atoms with Crippen molar-refractivity contribution in [3.05, 3.63) is 52.6 Å². The van der Waals surface area contributed by atoms with E-state index in [9.17, 15) is 4.79 Å². The van der Waals surface area contributed by atoms with E-state index < -0.39 is 0 Å². The fourth-order valence-electron chi connectivity index (χ4n) is 4.13. The quantitative estimate of drug-likeness (QED) is 0.750. The highest BCUT2D eigenvalue weighted by Gasteiger charge is 2.25. The van der Waals surface area contributed by atoms with Crippen molar-refractivity contribution in [2.45, 2.75) is 33.2 Å². The van der Waals surface area contributed by atoms with Crippen molar-refractivity contribution in [2.24, 2.45) is 0 Å². The molecule has 0 saturated carbocycles. The van der Waals surface area contributed by atoms with Gasteiger partial charge in [-0.05, 0) is 53.8 Å². The van der Waals surface area contributed by atoms with E-state index in [-0.39, 0.29) is 5.91 Å². The number of carbonyl (C=O) groups is 1. The Morgan fingerprint density at radius 2 is 1.80 bits per heavy atom. The third kappa shape index (κ3) is 4.10. The lowest BCUT2D eigenvalue weighted by molar-refractivity contribution is 0.0627. The van der Waals surface area contributed by atoms with Gasteiger partial charge in [-0.1, -0.05) is 19.9 Å². The Labute approximate surface area is 178 Å². The van der Waals surface area contributed by atoms with Gasteiger partial charge in [0.05, 0.1) is 7.11 Å². The van der Waals surface area contributed by atoms with E-state index in [1.807, 2.05) is 36.1 Å². The molecule has 0 atom stereocenters. The summed E-state index contributed by atoms with van der Waals surface area (Å²) in [5, 5.41) is 0. The second-order valence-corrected chi connectivity index (χ2v) is 8.32. The van der Waals surface area contributed by atoms with Gasteiger partial charge >= 0.3 is 0 Å². The average molecular weight is 411 g/mol. The van der Waals surface area contributed by atoms with Crippen LogP contribution in [-0.4, -0.2) is 55.8 Å². The smallest absolute Gasteiger partial charge is 0.254 e. The molecule has 1 saturated heterocycles. The lowest BCUT2D eigenvalue weighted by atomic mass is 9.95. The number of methoxy groups -OCH3 is 1. The van der Waals surface area contributed by atoms with Crippen LogP contribution in [0, 0.1) is 6.92 Å². The summed E-state index contributed by atoms with van der Waals surface area (Å²) in [6, 6.07) is 10.1. The maximum absolute atomic E-state index is 13.2. The van der Waals surface area contributed by atoms with Crippen molar-refractivity contribution < 1.29 is 19.0 Å². The van der Waals surface area contributed by atoms with Crippen molar-refractivity contribution in [1.29, 1.82) is 0 Å². The fraction of sp³-hybridized carbons (Fsp3) is 0.458. The lowest BCUT2D eigenvalue weighted by Crippen LogP contribution is -2.48. The van der Waals surface area contributed by atoms with Crippen LogP contribution in [0.15, 0.2) is 30.3 Å². The number of nitrogens with zero attached hydrogens (tertiary/aromatic N) is 2. The maximum atomic E-state index is 13.2. The number of amides is 1. The van der Waals surface area contributed by atoms with E-state index in [1.54, 1.807) is 7.11 Å². The van der Waals surface area contributed by atoms with E-state index in [0.29, 0.717) is 12.7 Å². The van der Waals surface area contributed by atoms with Crippen molar-refractivity contribution in [3.8, 4) is 17.2 Å². The minimum Gasteiger partial charge on any atom is -0.496 e. The van der Waals surface area contributed by atoms with Crippen LogP contribution in [0.1, 0.15) is 46.8 Å². The van der Waals surface area contributed by atoms with Crippen molar-refractivity contribution in [2.75, 3.05) is 40.1 Å². The number of carbonyl (C=O) groups excluding carboxylic acids is 1. The fourth-order valence-corrected chi connectivity index (χ4v) is 4.13. The zero-order chi connectivity index (χ0) is 21.3. The highest BCUT2D eigenvalue weighted by molar-refractivity contribution is 5.96. The first-order valence-corrected chi connectivity index (χ1v) is 10.5. The Hall–Kier alpha value is -2.73. The summed E-state index contributed by atoms with van der Waals surface area (Å²) in [6.45, 7) is 10.5. The first-order chi connectivity index (χ1) is 14.5. The summed E-state index contributed by atoms with van der Waals surface area (Å²) in [5.41, 5.74) is 4.02. The summed E-state index contributed by atoms with van der Waals surface area (Å²) < 4.78 is 16.4. The van der Waals surface area contributed by atoms with Gasteiger partial charge < -0.3 is 19.1 Å². The number of rotatable bonds is 5. The second kappa shape index (κ2) is 8.56. The molecule has 0 aromatic heterocycles. The number of ether oxygens (including phenoxy) is 3. The van der Waals surface area contributed by atoms with Crippen LogP contribution in [0.4, 0.5) is 0 Å². The van der Waals surface area contributed by atoms with Crippen LogP contribution < -0.4 is 14.2 Å². The molecule has 0 unspecified atom stereocenters. The Kier molecular flexibility index (Phi) is 5.86. The van der Waals surface area contributed by atoms with Gasteiger partial charge in [-0.25, -0.2) is 0 Å². The molecule has 2 heterocycles. The van der Waals surface area contributed by atoms with Gasteiger partial charge in [-0.2, -0.15) is 0 Å². The molecule has 0 N–H and O–H groups in total. The van der Waals surface area contributed by atoms with Gasteiger partial charge in [-0.3, -0.25) is 9.69 Å². The molecular formula is C24H30N2O4. The molecule has 2 aromatic rings. The molecule has 2 aliphatic rings. The monoisotopic (exact) mass is 410 g/mol. The molecule has 0 spiro atoms. The molecule has 4 rings (SSSR count). The van der Waals surface area contributed by atoms with Gasteiger partial charge in [0.25, 0.3) is 5.91 Å². The molecule has 30 heavy (non-hydrogen) atoms. The summed E-state index contributed by atoms with van der Waals surface area (Å²) >= 11 is 0. The number of benzene rings is 2. The van der Waals surface area contributed by atoms with Gasteiger partial charge in [0, 0.05) is 38.3 Å². The predicted octanol–water partition coefficient (Wildman–Crippen LogP) is 3.81. The van der Waals surface area contributed by atoms with Crippen LogP contribution >= 0.6 is 0 Å². The first-order valence-electron chi connectivity index (χ1n) is 10.5. The Balaban J connectivity index is 1.40. The zero-order valence-corrected chi connectivity index (χ0v) is 18.2. The molecule has 160 valence electrons. The molecule has 2 aromatic carbocycles. The molecule has 0 aliphatic carbocycles. The molecule has 6 nitrogen and oxygen atoms in total. The standard InChI is InChI=1S/C24H30N2O4/c1-16(2)19-13-20(17(3)11-22(19)28-4)24(27)26-9-7-25(8-10-26)14-18-5-6-21-23(12-18)30-15-29-21/h5-6,11-13,16H,7-10,14-15H2,1-4H3. The van der Waals surface area contributed by atoms with E-state index in [1.165, 1.54) is 5.56 Å². The van der Waals surface area contributed by atoms with Gasteiger partial charge in [-0.15, -0.1) is 0 Å². The third-order valence-electron chi connectivity index (χ3n) is 5.93. The third-order valence-corrected chi connectivity index (χ3v) is 5.93. The molecule has 2 aliphatic heterocycles. The summed E-state index contributed by atoms with van der Waals surface area (Å²) in [4.78, 5) is 17.6. The molecule has 0 radical (unpaired) electrons. The van der Waals surface area contributed by atoms with Gasteiger partial charge in [0.15, 0.2) is 11.5 Å². The minimum absolute atomic E-state index is 0.111. The van der Waals surface area contributed by atoms with E-state index in [0.717, 1.165) is 66.7 Å². The molecule has 6 heteroatoms. The van der Waals surface area contributed by atoms with Crippen LogP contribution in [0.5, 0.6) is 17.2 Å². The zero-order valence-electron chi connectivity index (χ0n) is 18.2. The predicted molar refractivity (Wildman–Crippen MR) is 116 cm³/mol. The highest BCUT2D eigenvalue weighted by atomic mass is 16.7. The van der Waals surface area contributed by atoms with E-state index in [4.69, 9.17) is 14.2 Å². The van der Waals surface area contributed by atoms with Gasteiger partial charge in [0.2, 0.25) is 6.79 Å². The van der Waals surface area contributed by atoms with Crippen LogP contribution in [0.25, 0.3) is 0 Å². The second-order valence-electron chi connectivity index (χ2n) is 8.32. The highest BCUT2D eigenvalue weighted by Crippen LogP contribution is 2.33. The lowest BCUT2D eigenvalue weighted by Gasteiger charge is -2.35. The van der Waals surface area contributed by atoms with E-state index >= 15 is 0 Å². The Morgan fingerprint density at radius 1 is 1.07 bits per heavy atom. The van der Waals surface area contributed by atoms with Crippen LogP contribution in [0.2, 0.25) is 0 Å². The summed E-state index contributed by atoms with van der Waals surface area (Å²) in [7, 11) is 1.68. The van der Waals surface area contributed by atoms with Crippen molar-refractivity contribution in [3.63, 3.8) is 0 Å². The average Bonchev–Trinajstić information content (AvgIpc) is 3.21. The van der Waals surface area contributed by atoms with Gasteiger partial charge in [0.1, 0.15) is 5.75 Å². The first kappa shape index (κ1) is 20.5. The number of hydrogen-bond acceptors (Lipinski definition) is 5. The number of aryl methyl sites for hydroxylation is 1. The molecule has 0 bridgehead atoms. The number of fused-ring (bicyclic) bond motifs is 1. The SMILES string of the molecule is COc1cc(C)c(C(=O)N2CCN(Cc3ccc4c(c3)OCO4)CC2)cc1C(C)C. The number of piperazine rings is 1. The molecule has 1 amide bonds. The minimum atomic E-state index is 0.111.